The normalized spacial score (nSPS) is 13.6. The standard InChI is InChI=1S/C22H25N5OS/c1-17-8-10-19(11-9-17)27-16-24-25-22(27)29-15-21(28)23-14-18-6-2-3-7-20(18)26-12-4-5-13-26/h2-3,6-11,16H,4-5,12-15H2,1H3,(H,23,28). The molecule has 7 heteroatoms. The Bertz CT molecular complexity index is 963. The van der Waals surface area contributed by atoms with Crippen LogP contribution in [0.15, 0.2) is 60.0 Å². The number of benzene rings is 2. The quantitative estimate of drug-likeness (QED) is 0.607. The number of hydrogen-bond donors (Lipinski definition) is 1. The van der Waals surface area contributed by atoms with Gasteiger partial charge in [0.2, 0.25) is 5.91 Å². The maximum Gasteiger partial charge on any atom is 0.230 e. The second-order valence-electron chi connectivity index (χ2n) is 7.21. The molecule has 1 aliphatic rings. The molecule has 0 radical (unpaired) electrons. The van der Waals surface area contributed by atoms with E-state index < -0.39 is 0 Å². The maximum absolute atomic E-state index is 12.4. The molecule has 0 saturated carbocycles. The fourth-order valence-electron chi connectivity index (χ4n) is 3.51. The molecule has 29 heavy (non-hydrogen) atoms. The lowest BCUT2D eigenvalue weighted by Crippen LogP contribution is -2.27. The van der Waals surface area contributed by atoms with Crippen LogP contribution < -0.4 is 10.2 Å². The Labute approximate surface area is 175 Å². The topological polar surface area (TPSA) is 63.1 Å². The zero-order chi connectivity index (χ0) is 20.1. The van der Waals surface area contributed by atoms with Crippen LogP contribution >= 0.6 is 11.8 Å². The molecule has 1 aliphatic heterocycles. The summed E-state index contributed by atoms with van der Waals surface area (Å²) in [7, 11) is 0. The first-order chi connectivity index (χ1) is 14.2. The highest BCUT2D eigenvalue weighted by molar-refractivity contribution is 7.99. The number of para-hydroxylation sites is 1. The number of nitrogens with one attached hydrogen (secondary N) is 1. The molecule has 0 bridgehead atoms. The van der Waals surface area contributed by atoms with Gasteiger partial charge in [-0.25, -0.2) is 0 Å². The minimum Gasteiger partial charge on any atom is -0.371 e. The summed E-state index contributed by atoms with van der Waals surface area (Å²) < 4.78 is 1.90. The van der Waals surface area contributed by atoms with Crippen molar-refractivity contribution in [3.8, 4) is 5.69 Å². The molecule has 1 fully saturated rings. The van der Waals surface area contributed by atoms with E-state index in [1.54, 1.807) is 6.33 Å². The predicted octanol–water partition coefficient (Wildman–Crippen LogP) is 3.58. The van der Waals surface area contributed by atoms with Gasteiger partial charge in [0.1, 0.15) is 6.33 Å². The molecule has 1 N–H and O–H groups in total. The monoisotopic (exact) mass is 407 g/mol. The third-order valence-corrected chi connectivity index (χ3v) is 6.02. The van der Waals surface area contributed by atoms with E-state index in [9.17, 15) is 4.79 Å². The highest BCUT2D eigenvalue weighted by atomic mass is 32.2. The van der Waals surface area contributed by atoms with E-state index in [2.05, 4.69) is 45.5 Å². The van der Waals surface area contributed by atoms with E-state index in [4.69, 9.17) is 0 Å². The maximum atomic E-state index is 12.4. The van der Waals surface area contributed by atoms with Crippen LogP contribution in [-0.2, 0) is 11.3 Å². The molecule has 2 aromatic carbocycles. The van der Waals surface area contributed by atoms with Crippen LogP contribution in [0.4, 0.5) is 5.69 Å². The number of anilines is 1. The van der Waals surface area contributed by atoms with Gasteiger partial charge in [-0.3, -0.25) is 9.36 Å². The van der Waals surface area contributed by atoms with E-state index in [0.717, 1.165) is 24.3 Å². The number of aromatic nitrogens is 3. The van der Waals surface area contributed by atoms with E-state index in [0.29, 0.717) is 17.5 Å². The minimum atomic E-state index is -0.00955. The highest BCUT2D eigenvalue weighted by Gasteiger charge is 2.16. The molecule has 1 amide bonds. The molecule has 0 aliphatic carbocycles. The molecule has 0 unspecified atom stereocenters. The van der Waals surface area contributed by atoms with E-state index in [1.807, 2.05) is 34.9 Å². The van der Waals surface area contributed by atoms with Crippen molar-refractivity contribution in [3.05, 3.63) is 66.0 Å². The van der Waals surface area contributed by atoms with Gasteiger partial charge >= 0.3 is 0 Å². The van der Waals surface area contributed by atoms with Crippen molar-refractivity contribution in [1.29, 1.82) is 0 Å². The Kier molecular flexibility index (Phi) is 6.14. The first-order valence-electron chi connectivity index (χ1n) is 9.90. The SMILES string of the molecule is Cc1ccc(-n2cnnc2SCC(=O)NCc2ccccc2N2CCCC2)cc1. The molecule has 4 rings (SSSR count). The first-order valence-corrected chi connectivity index (χ1v) is 10.9. The second-order valence-corrected chi connectivity index (χ2v) is 8.15. The Morgan fingerprint density at radius 1 is 1.10 bits per heavy atom. The largest absolute Gasteiger partial charge is 0.371 e. The number of aryl methyl sites for hydroxylation is 1. The summed E-state index contributed by atoms with van der Waals surface area (Å²) in [4.78, 5) is 14.8. The van der Waals surface area contributed by atoms with Crippen molar-refractivity contribution in [1.82, 2.24) is 20.1 Å². The Hall–Kier alpha value is -2.80. The summed E-state index contributed by atoms with van der Waals surface area (Å²) in [6.45, 7) is 4.78. The lowest BCUT2D eigenvalue weighted by Gasteiger charge is -2.21. The number of carbonyl (C=O) groups is 1. The lowest BCUT2D eigenvalue weighted by atomic mass is 10.1. The molecule has 1 saturated heterocycles. The number of carbonyl (C=O) groups excluding carboxylic acids is 1. The summed E-state index contributed by atoms with van der Waals surface area (Å²) in [6, 6.07) is 16.5. The third-order valence-electron chi connectivity index (χ3n) is 5.08. The first kappa shape index (κ1) is 19.5. The summed E-state index contributed by atoms with van der Waals surface area (Å²) in [5.74, 6) is 0.292. The van der Waals surface area contributed by atoms with E-state index >= 15 is 0 Å². The Morgan fingerprint density at radius 2 is 1.86 bits per heavy atom. The molecule has 0 spiro atoms. The van der Waals surface area contributed by atoms with E-state index in [-0.39, 0.29) is 5.91 Å². The van der Waals surface area contributed by atoms with Crippen LogP contribution in [0.5, 0.6) is 0 Å². The fraction of sp³-hybridized carbons (Fsp3) is 0.318. The third kappa shape index (κ3) is 4.79. The molecule has 0 atom stereocenters. The van der Waals surface area contributed by atoms with Crippen molar-refractivity contribution in [2.45, 2.75) is 31.5 Å². The number of nitrogens with zero attached hydrogens (tertiary/aromatic N) is 4. The number of amides is 1. The number of thioether (sulfide) groups is 1. The van der Waals surface area contributed by atoms with Gasteiger partial charge in [0.15, 0.2) is 5.16 Å². The number of hydrogen-bond acceptors (Lipinski definition) is 5. The summed E-state index contributed by atoms with van der Waals surface area (Å²) in [5, 5.41) is 11.9. The van der Waals surface area contributed by atoms with Crippen LogP contribution in [-0.4, -0.2) is 39.5 Å². The molecule has 2 heterocycles. The Morgan fingerprint density at radius 3 is 2.66 bits per heavy atom. The molecule has 150 valence electrons. The van der Waals surface area contributed by atoms with Crippen LogP contribution in [0.3, 0.4) is 0 Å². The smallest absolute Gasteiger partial charge is 0.230 e. The van der Waals surface area contributed by atoms with Crippen molar-refractivity contribution < 1.29 is 4.79 Å². The minimum absolute atomic E-state index is 0.00955. The zero-order valence-corrected chi connectivity index (χ0v) is 17.4. The summed E-state index contributed by atoms with van der Waals surface area (Å²) >= 11 is 1.39. The van der Waals surface area contributed by atoms with E-state index in [1.165, 1.54) is 35.9 Å². The van der Waals surface area contributed by atoms with Crippen molar-refractivity contribution >= 4 is 23.4 Å². The summed E-state index contributed by atoms with van der Waals surface area (Å²) in [5.41, 5.74) is 4.58. The molecule has 6 nitrogen and oxygen atoms in total. The van der Waals surface area contributed by atoms with Gasteiger partial charge in [0.05, 0.1) is 5.75 Å². The van der Waals surface area contributed by atoms with Gasteiger partial charge in [0, 0.05) is 31.0 Å². The van der Waals surface area contributed by atoms with Crippen LogP contribution in [0.2, 0.25) is 0 Å². The van der Waals surface area contributed by atoms with Gasteiger partial charge in [-0.05, 0) is 43.5 Å². The molecule has 3 aromatic rings. The Balaban J connectivity index is 1.34. The molecule has 1 aromatic heterocycles. The van der Waals surface area contributed by atoms with Gasteiger partial charge in [-0.1, -0.05) is 47.7 Å². The summed E-state index contributed by atoms with van der Waals surface area (Å²) in [6.07, 6.45) is 4.15. The van der Waals surface area contributed by atoms with Gasteiger partial charge < -0.3 is 10.2 Å². The number of rotatable bonds is 7. The average Bonchev–Trinajstić information content (AvgIpc) is 3.44. The predicted molar refractivity (Wildman–Crippen MR) is 117 cm³/mol. The van der Waals surface area contributed by atoms with Crippen LogP contribution in [0, 0.1) is 6.92 Å². The average molecular weight is 408 g/mol. The van der Waals surface area contributed by atoms with Gasteiger partial charge in [-0.15, -0.1) is 10.2 Å². The van der Waals surface area contributed by atoms with Crippen molar-refractivity contribution in [3.63, 3.8) is 0 Å². The van der Waals surface area contributed by atoms with Crippen molar-refractivity contribution in [2.75, 3.05) is 23.7 Å². The lowest BCUT2D eigenvalue weighted by molar-refractivity contribution is -0.118. The second kappa shape index (κ2) is 9.13. The zero-order valence-electron chi connectivity index (χ0n) is 16.5. The molecular formula is C22H25N5OS. The highest BCUT2D eigenvalue weighted by Crippen LogP contribution is 2.24. The fourth-order valence-corrected chi connectivity index (χ4v) is 4.27. The van der Waals surface area contributed by atoms with Crippen molar-refractivity contribution in [2.24, 2.45) is 0 Å². The van der Waals surface area contributed by atoms with Crippen LogP contribution in [0.25, 0.3) is 5.69 Å². The van der Waals surface area contributed by atoms with Gasteiger partial charge in [0.25, 0.3) is 0 Å². The van der Waals surface area contributed by atoms with Crippen LogP contribution in [0.1, 0.15) is 24.0 Å². The van der Waals surface area contributed by atoms with Gasteiger partial charge in [-0.2, -0.15) is 0 Å². The molecular weight excluding hydrogens is 382 g/mol.